The molecule has 0 atom stereocenters. The number of aryl methyl sites for hydroxylation is 1. The predicted octanol–water partition coefficient (Wildman–Crippen LogP) is 2.41. The highest BCUT2D eigenvalue weighted by Crippen LogP contribution is 2.22. The van der Waals surface area contributed by atoms with Crippen molar-refractivity contribution in [3.8, 4) is 5.69 Å². The monoisotopic (exact) mass is 474 g/mol. The van der Waals surface area contributed by atoms with Crippen molar-refractivity contribution in [2.24, 2.45) is 0 Å². The molecule has 0 fully saturated rings. The van der Waals surface area contributed by atoms with Crippen molar-refractivity contribution in [1.82, 2.24) is 29.9 Å². The smallest absolute Gasteiger partial charge is 0.312 e. The lowest BCUT2D eigenvalue weighted by Gasteiger charge is -2.09. The van der Waals surface area contributed by atoms with Crippen LogP contribution in [0, 0.1) is 24.0 Å². The van der Waals surface area contributed by atoms with E-state index in [4.69, 9.17) is 0 Å². The fraction of sp³-hybridized carbons (Fsp3) is 0.174. The summed E-state index contributed by atoms with van der Waals surface area (Å²) in [5.41, 5.74) is 3.43. The number of anilines is 1. The first-order valence-electron chi connectivity index (χ1n) is 10.6. The molecule has 2 heterocycles. The third-order valence-electron chi connectivity index (χ3n) is 5.32. The summed E-state index contributed by atoms with van der Waals surface area (Å²) in [7, 11) is 0. The van der Waals surface area contributed by atoms with Gasteiger partial charge in [0.1, 0.15) is 24.0 Å². The lowest BCUT2D eigenvalue weighted by molar-refractivity contribution is -0.386. The van der Waals surface area contributed by atoms with E-state index >= 15 is 0 Å². The zero-order chi connectivity index (χ0) is 24.9. The van der Waals surface area contributed by atoms with Gasteiger partial charge in [-0.05, 0) is 55.8 Å². The van der Waals surface area contributed by atoms with Crippen LogP contribution in [0.3, 0.4) is 0 Å². The molecule has 2 amide bonds. The Bertz CT molecular complexity index is 1360. The Morgan fingerprint density at radius 1 is 1.06 bits per heavy atom. The summed E-state index contributed by atoms with van der Waals surface area (Å²) < 4.78 is 3.16. The topological polar surface area (TPSA) is 150 Å². The molecule has 2 aromatic heterocycles. The van der Waals surface area contributed by atoms with Gasteiger partial charge in [0.05, 0.1) is 23.7 Å². The maximum Gasteiger partial charge on any atom is 0.312 e. The molecule has 0 aliphatic carbocycles. The fourth-order valence-electron chi connectivity index (χ4n) is 3.55. The molecule has 12 nitrogen and oxygen atoms in total. The maximum absolute atomic E-state index is 12.4. The van der Waals surface area contributed by atoms with Gasteiger partial charge in [-0.1, -0.05) is 12.1 Å². The van der Waals surface area contributed by atoms with Crippen LogP contribution in [-0.4, -0.2) is 47.8 Å². The molecule has 0 spiro atoms. The molecule has 35 heavy (non-hydrogen) atoms. The number of aromatic nitrogens is 5. The number of nitro groups is 1. The second kappa shape index (κ2) is 9.95. The van der Waals surface area contributed by atoms with E-state index in [0.717, 1.165) is 11.3 Å². The molecule has 0 saturated carbocycles. The number of carbonyl (C=O) groups is 2. The maximum atomic E-state index is 12.4. The molecule has 178 valence electrons. The molecule has 0 saturated heterocycles. The summed E-state index contributed by atoms with van der Waals surface area (Å²) in [6.45, 7) is 3.39. The fourth-order valence-corrected chi connectivity index (χ4v) is 3.55. The van der Waals surface area contributed by atoms with Gasteiger partial charge in [0, 0.05) is 11.3 Å². The van der Waals surface area contributed by atoms with Crippen molar-refractivity contribution in [2.75, 3.05) is 11.9 Å². The minimum atomic E-state index is -0.439. The predicted molar refractivity (Wildman–Crippen MR) is 126 cm³/mol. The number of amides is 2. The van der Waals surface area contributed by atoms with Gasteiger partial charge in [0.15, 0.2) is 0 Å². The summed E-state index contributed by atoms with van der Waals surface area (Å²) in [4.78, 5) is 39.3. The van der Waals surface area contributed by atoms with Gasteiger partial charge in [-0.25, -0.2) is 9.67 Å². The molecule has 4 aromatic rings. The summed E-state index contributed by atoms with van der Waals surface area (Å²) in [6.07, 6.45) is 3.00. The average Bonchev–Trinajstić information content (AvgIpc) is 3.47. The van der Waals surface area contributed by atoms with Crippen molar-refractivity contribution >= 4 is 23.2 Å². The highest BCUT2D eigenvalue weighted by atomic mass is 16.6. The van der Waals surface area contributed by atoms with E-state index in [9.17, 15) is 19.7 Å². The van der Waals surface area contributed by atoms with Crippen molar-refractivity contribution in [3.63, 3.8) is 0 Å². The molecule has 0 unspecified atom stereocenters. The number of nitrogens with one attached hydrogen (secondary N) is 2. The van der Waals surface area contributed by atoms with E-state index in [1.807, 2.05) is 0 Å². The second-order valence-corrected chi connectivity index (χ2v) is 7.75. The molecule has 0 radical (unpaired) electrons. The zero-order valence-electron chi connectivity index (χ0n) is 19.0. The Balaban J connectivity index is 1.29. The van der Waals surface area contributed by atoms with E-state index in [1.54, 1.807) is 78.1 Å². The van der Waals surface area contributed by atoms with E-state index in [1.165, 1.54) is 6.33 Å². The summed E-state index contributed by atoms with van der Waals surface area (Å²) in [5.74, 6) is -0.760. The van der Waals surface area contributed by atoms with Crippen LogP contribution in [-0.2, 0) is 11.3 Å². The van der Waals surface area contributed by atoms with Gasteiger partial charge in [0.2, 0.25) is 5.91 Å². The van der Waals surface area contributed by atoms with Gasteiger partial charge in [-0.15, -0.1) is 0 Å². The molecule has 0 aliphatic heterocycles. The quantitative estimate of drug-likeness (QED) is 0.294. The molecule has 0 aliphatic rings. The van der Waals surface area contributed by atoms with Crippen LogP contribution in [0.15, 0.2) is 61.2 Å². The van der Waals surface area contributed by atoms with Crippen LogP contribution in [0.1, 0.15) is 27.3 Å². The SMILES string of the molecule is Cc1nn(Cc2ccc(C(=O)NCC(=O)Nc3ccc(-n4cncn4)cc3)cc2)c(C)c1[N+](=O)[O-]. The second-order valence-electron chi connectivity index (χ2n) is 7.75. The van der Waals surface area contributed by atoms with Gasteiger partial charge in [-0.3, -0.25) is 24.4 Å². The van der Waals surface area contributed by atoms with E-state index in [2.05, 4.69) is 25.8 Å². The molecule has 12 heteroatoms. The minimum Gasteiger partial charge on any atom is -0.343 e. The molecular formula is C23H22N8O4. The van der Waals surface area contributed by atoms with Gasteiger partial charge < -0.3 is 10.6 Å². The van der Waals surface area contributed by atoms with Crippen molar-refractivity contribution in [1.29, 1.82) is 0 Å². The summed E-state index contributed by atoms with van der Waals surface area (Å²) >= 11 is 0. The number of carbonyl (C=O) groups excluding carboxylic acids is 2. The van der Waals surface area contributed by atoms with Crippen molar-refractivity contribution in [2.45, 2.75) is 20.4 Å². The van der Waals surface area contributed by atoms with Crippen LogP contribution in [0.2, 0.25) is 0 Å². The lowest BCUT2D eigenvalue weighted by atomic mass is 10.1. The number of benzene rings is 2. The van der Waals surface area contributed by atoms with E-state index in [0.29, 0.717) is 29.2 Å². The number of rotatable bonds is 8. The zero-order valence-corrected chi connectivity index (χ0v) is 19.0. The molecule has 0 bridgehead atoms. The molecular weight excluding hydrogens is 452 g/mol. The number of nitrogens with zero attached hydrogens (tertiary/aromatic N) is 6. The van der Waals surface area contributed by atoms with Gasteiger partial charge >= 0.3 is 5.69 Å². The molecule has 4 rings (SSSR count). The highest BCUT2D eigenvalue weighted by molar-refractivity contribution is 5.99. The van der Waals surface area contributed by atoms with Gasteiger partial charge in [0.25, 0.3) is 5.91 Å². The van der Waals surface area contributed by atoms with Crippen LogP contribution < -0.4 is 10.6 Å². The first kappa shape index (κ1) is 23.3. The first-order valence-corrected chi connectivity index (χ1v) is 10.6. The lowest BCUT2D eigenvalue weighted by Crippen LogP contribution is -2.32. The Morgan fingerprint density at radius 2 is 1.77 bits per heavy atom. The third-order valence-corrected chi connectivity index (χ3v) is 5.32. The van der Waals surface area contributed by atoms with Crippen molar-refractivity contribution in [3.05, 3.63) is 93.8 Å². The third kappa shape index (κ3) is 5.38. The largest absolute Gasteiger partial charge is 0.343 e. The highest BCUT2D eigenvalue weighted by Gasteiger charge is 2.21. The minimum absolute atomic E-state index is 0.00502. The summed E-state index contributed by atoms with van der Waals surface area (Å²) in [6, 6.07) is 13.8. The average molecular weight is 474 g/mol. The van der Waals surface area contributed by atoms with E-state index in [-0.39, 0.29) is 18.1 Å². The Kier molecular flexibility index (Phi) is 6.62. The van der Waals surface area contributed by atoms with E-state index < -0.39 is 10.8 Å². The van der Waals surface area contributed by atoms with Crippen LogP contribution >= 0.6 is 0 Å². The Labute approximate surface area is 199 Å². The van der Waals surface area contributed by atoms with Crippen LogP contribution in [0.4, 0.5) is 11.4 Å². The number of hydrogen-bond acceptors (Lipinski definition) is 7. The Hall–Kier alpha value is -4.87. The molecule has 2 N–H and O–H groups in total. The van der Waals surface area contributed by atoms with Crippen molar-refractivity contribution < 1.29 is 14.5 Å². The molecule has 2 aromatic carbocycles. The van der Waals surface area contributed by atoms with Crippen LogP contribution in [0.5, 0.6) is 0 Å². The Morgan fingerprint density at radius 3 is 2.37 bits per heavy atom. The normalized spacial score (nSPS) is 10.7. The van der Waals surface area contributed by atoms with Crippen LogP contribution in [0.25, 0.3) is 5.69 Å². The standard InChI is InChI=1S/C23H22N8O4/c1-15-22(31(34)35)16(2)29(28-15)12-17-3-5-18(6-4-17)23(33)25-11-21(32)27-19-7-9-20(10-8-19)30-14-24-13-26-30/h3-10,13-14H,11-12H2,1-2H3,(H,25,33)(H,27,32). The number of hydrogen-bond donors (Lipinski definition) is 2. The summed E-state index contributed by atoms with van der Waals surface area (Å²) in [5, 5.41) is 24.7. The first-order chi connectivity index (χ1) is 16.8. The van der Waals surface area contributed by atoms with Gasteiger partial charge in [-0.2, -0.15) is 10.2 Å².